The summed E-state index contributed by atoms with van der Waals surface area (Å²) in [7, 11) is 0. The smallest absolute Gasteiger partial charge is 0.411 e. The van der Waals surface area contributed by atoms with Gasteiger partial charge in [-0.15, -0.1) is 0 Å². The van der Waals surface area contributed by atoms with Crippen LogP contribution in [0.15, 0.2) is 65.6 Å². The minimum atomic E-state index is -1.81. The fourth-order valence-corrected chi connectivity index (χ4v) is 2.90. The first-order valence-corrected chi connectivity index (χ1v) is 8.89. The number of nitrogens with zero attached hydrogens (tertiary/aromatic N) is 3. The van der Waals surface area contributed by atoms with Gasteiger partial charge in [-0.2, -0.15) is 5.10 Å². The Morgan fingerprint density at radius 1 is 1.25 bits per heavy atom. The summed E-state index contributed by atoms with van der Waals surface area (Å²) in [5, 5.41) is 13.9. The first kappa shape index (κ1) is 19.6. The number of aromatic nitrogens is 2. The summed E-state index contributed by atoms with van der Waals surface area (Å²) in [4.78, 5) is 24.6. The normalized spacial score (nSPS) is 11.8. The topological polar surface area (TPSA) is 75.4 Å². The second kappa shape index (κ2) is 8.22. The maximum Gasteiger partial charge on any atom is 0.411 e. The number of hydrogen-bond donors (Lipinski definition) is 1. The van der Waals surface area contributed by atoms with Crippen LogP contribution < -0.4 is 10.3 Å². The Morgan fingerprint density at radius 3 is 2.61 bits per heavy atom. The molecule has 1 amide bonds. The molecule has 144 valence electrons. The van der Waals surface area contributed by atoms with E-state index < -0.39 is 17.7 Å². The molecule has 1 N–H and O–H groups in total. The molecule has 0 radical (unpaired) electrons. The van der Waals surface area contributed by atoms with Crippen LogP contribution in [0.3, 0.4) is 0 Å². The van der Waals surface area contributed by atoms with Crippen LogP contribution in [0.1, 0.15) is 24.4 Å². The van der Waals surface area contributed by atoms with Crippen molar-refractivity contribution in [2.24, 2.45) is 0 Å². The average Bonchev–Trinajstić information content (AvgIpc) is 2.69. The summed E-state index contributed by atoms with van der Waals surface area (Å²) in [5.74, 6) is 0. The molecule has 0 aliphatic carbocycles. The molecule has 1 aromatic heterocycles. The molecule has 6 nitrogen and oxygen atoms in total. The Kier molecular flexibility index (Phi) is 5.75. The number of rotatable bonds is 5. The van der Waals surface area contributed by atoms with E-state index in [9.17, 15) is 14.7 Å². The Hall–Kier alpha value is -3.19. The molecule has 8 heteroatoms. The van der Waals surface area contributed by atoms with Crippen LogP contribution in [0.25, 0.3) is 5.69 Å². The van der Waals surface area contributed by atoms with E-state index in [1.807, 2.05) is 0 Å². The molecular weight excluding hydrogens is 385 g/mol. The Bertz CT molecular complexity index is 1050. The second-order valence-electron chi connectivity index (χ2n) is 5.97. The van der Waals surface area contributed by atoms with E-state index in [4.69, 9.17) is 11.6 Å². The van der Waals surface area contributed by atoms with Gasteiger partial charge in [-0.1, -0.05) is 23.7 Å². The predicted molar refractivity (Wildman–Crippen MR) is 105 cm³/mol. The van der Waals surface area contributed by atoms with E-state index in [0.29, 0.717) is 16.4 Å². The molecule has 1 unspecified atom stereocenters. The van der Waals surface area contributed by atoms with Gasteiger partial charge in [0.2, 0.25) is 5.43 Å². The monoisotopic (exact) mass is 401 g/mol. The maximum atomic E-state index is 15.2. The van der Waals surface area contributed by atoms with Crippen molar-refractivity contribution in [2.45, 2.75) is 13.1 Å². The van der Waals surface area contributed by atoms with Gasteiger partial charge >= 0.3 is 6.09 Å². The van der Waals surface area contributed by atoms with Gasteiger partial charge in [-0.05, 0) is 48.9 Å². The van der Waals surface area contributed by atoms with Crippen LogP contribution in [-0.2, 0) is 0 Å². The number of carbonyl (C=O) groups is 1. The van der Waals surface area contributed by atoms with Crippen LogP contribution in [-0.4, -0.2) is 27.5 Å². The fourth-order valence-electron chi connectivity index (χ4n) is 2.77. The molecule has 0 saturated carbocycles. The van der Waals surface area contributed by atoms with Crippen molar-refractivity contribution < 1.29 is 14.3 Å². The van der Waals surface area contributed by atoms with Crippen molar-refractivity contribution in [2.75, 3.05) is 11.4 Å². The van der Waals surface area contributed by atoms with Crippen molar-refractivity contribution in [3.63, 3.8) is 0 Å². The second-order valence-corrected chi connectivity index (χ2v) is 6.41. The quantitative estimate of drug-likeness (QED) is 0.685. The van der Waals surface area contributed by atoms with E-state index in [2.05, 4.69) is 5.10 Å². The third-order valence-corrected chi connectivity index (χ3v) is 4.44. The zero-order valence-corrected chi connectivity index (χ0v) is 15.7. The molecule has 2 aromatic carbocycles. The number of carboxylic acid groups (broad SMARTS) is 1. The van der Waals surface area contributed by atoms with E-state index in [1.54, 1.807) is 43.3 Å². The molecule has 3 aromatic rings. The highest BCUT2D eigenvalue weighted by molar-refractivity contribution is 6.30. The van der Waals surface area contributed by atoms with Gasteiger partial charge in [-0.25, -0.2) is 13.9 Å². The molecule has 3 rings (SSSR count). The number of hydrogen-bond acceptors (Lipinski definition) is 3. The van der Waals surface area contributed by atoms with Crippen molar-refractivity contribution >= 4 is 23.4 Å². The van der Waals surface area contributed by atoms with Gasteiger partial charge in [-0.3, -0.25) is 9.69 Å². The average molecular weight is 402 g/mol. The minimum absolute atomic E-state index is 0.149. The standard InChI is InChI=1S/C20H17ClFN3O3/c1-2-24(20(27)28)16-5-3-4-13(12-16)18(22)19-17(26)10-11-25(23-19)15-8-6-14(21)7-9-15/h3-12,18H,2H2,1H3,(H,27,28). The van der Waals surface area contributed by atoms with Gasteiger partial charge in [0.15, 0.2) is 6.17 Å². The molecule has 0 fully saturated rings. The first-order chi connectivity index (χ1) is 13.4. The lowest BCUT2D eigenvalue weighted by Gasteiger charge is -2.18. The lowest BCUT2D eigenvalue weighted by Crippen LogP contribution is -2.28. The van der Waals surface area contributed by atoms with Crippen molar-refractivity contribution in [3.8, 4) is 5.69 Å². The van der Waals surface area contributed by atoms with E-state index >= 15 is 4.39 Å². The first-order valence-electron chi connectivity index (χ1n) is 8.51. The van der Waals surface area contributed by atoms with Crippen molar-refractivity contribution in [3.05, 3.63) is 87.3 Å². The summed E-state index contributed by atoms with van der Waals surface area (Å²) in [6, 6.07) is 14.0. The Balaban J connectivity index is 1.99. The number of anilines is 1. The van der Waals surface area contributed by atoms with Crippen molar-refractivity contribution in [1.29, 1.82) is 0 Å². The predicted octanol–water partition coefficient (Wildman–Crippen LogP) is 4.45. The molecule has 0 saturated heterocycles. The van der Waals surface area contributed by atoms with E-state index in [-0.39, 0.29) is 17.8 Å². The molecule has 1 atom stereocenters. The SMILES string of the molecule is CCN(C(=O)O)c1cccc(C(F)c2nn(-c3ccc(Cl)cc3)ccc2=O)c1. The summed E-state index contributed by atoms with van der Waals surface area (Å²) in [5.41, 5.74) is 0.260. The molecule has 0 aliphatic heterocycles. The lowest BCUT2D eigenvalue weighted by molar-refractivity contribution is 0.202. The molecule has 1 heterocycles. The van der Waals surface area contributed by atoms with Crippen LogP contribution in [0.2, 0.25) is 5.02 Å². The minimum Gasteiger partial charge on any atom is -0.465 e. The van der Waals surface area contributed by atoms with E-state index in [0.717, 1.165) is 4.90 Å². The largest absolute Gasteiger partial charge is 0.465 e. The zero-order valence-electron chi connectivity index (χ0n) is 14.9. The van der Waals surface area contributed by atoms with Crippen molar-refractivity contribution in [1.82, 2.24) is 9.78 Å². The third-order valence-electron chi connectivity index (χ3n) is 4.19. The van der Waals surface area contributed by atoms with Crippen LogP contribution in [0.5, 0.6) is 0 Å². The highest BCUT2D eigenvalue weighted by Crippen LogP contribution is 2.26. The summed E-state index contributed by atoms with van der Waals surface area (Å²) in [6.45, 7) is 1.89. The van der Waals surface area contributed by atoms with Crippen LogP contribution >= 0.6 is 11.6 Å². The molecule has 0 aliphatic rings. The summed E-state index contributed by atoms with van der Waals surface area (Å²) < 4.78 is 16.6. The third kappa shape index (κ3) is 4.04. The number of benzene rings is 2. The number of amides is 1. The van der Waals surface area contributed by atoms with Gasteiger partial charge in [0.05, 0.1) is 5.69 Å². The Labute approximate surface area is 165 Å². The van der Waals surface area contributed by atoms with Gasteiger partial charge < -0.3 is 5.11 Å². The number of halogens is 2. The molecule has 0 bridgehead atoms. The molecule has 28 heavy (non-hydrogen) atoms. The number of alkyl halides is 1. The maximum absolute atomic E-state index is 15.2. The molecular formula is C20H17ClFN3O3. The van der Waals surface area contributed by atoms with Gasteiger partial charge in [0, 0.05) is 29.5 Å². The van der Waals surface area contributed by atoms with Gasteiger partial charge in [0.25, 0.3) is 0 Å². The van der Waals surface area contributed by atoms with Gasteiger partial charge in [0.1, 0.15) is 5.69 Å². The summed E-state index contributed by atoms with van der Waals surface area (Å²) in [6.07, 6.45) is -1.50. The zero-order chi connectivity index (χ0) is 20.3. The van der Waals surface area contributed by atoms with E-state index in [1.165, 1.54) is 29.1 Å². The van der Waals surface area contributed by atoms with Crippen LogP contribution in [0, 0.1) is 0 Å². The Morgan fingerprint density at radius 2 is 1.96 bits per heavy atom. The highest BCUT2D eigenvalue weighted by atomic mass is 35.5. The highest BCUT2D eigenvalue weighted by Gasteiger charge is 2.21. The van der Waals surface area contributed by atoms with Crippen LogP contribution in [0.4, 0.5) is 14.9 Å². The molecule has 0 spiro atoms. The lowest BCUT2D eigenvalue weighted by atomic mass is 10.1. The summed E-state index contributed by atoms with van der Waals surface area (Å²) >= 11 is 5.88. The fraction of sp³-hybridized carbons (Fsp3) is 0.150.